The van der Waals surface area contributed by atoms with Gasteiger partial charge in [0, 0.05) is 32.5 Å². The lowest BCUT2D eigenvalue weighted by Gasteiger charge is -2.34. The average molecular weight is 389 g/mol. The number of likely N-dealkylation sites (N-methyl/N-ethyl adjacent to an activating group) is 1. The summed E-state index contributed by atoms with van der Waals surface area (Å²) in [6, 6.07) is -0.442. The third kappa shape index (κ3) is 3.79. The van der Waals surface area contributed by atoms with Crippen molar-refractivity contribution in [3.63, 3.8) is 0 Å². The minimum absolute atomic E-state index is 0.322. The fraction of sp³-hybridized carbons (Fsp3) is 0.625. The molecule has 3 atom stereocenters. The van der Waals surface area contributed by atoms with Crippen molar-refractivity contribution in [2.45, 2.75) is 37.5 Å². The van der Waals surface area contributed by atoms with Gasteiger partial charge in [0.2, 0.25) is 5.79 Å². The molecule has 0 spiro atoms. The summed E-state index contributed by atoms with van der Waals surface area (Å²) in [6.45, 7) is 3.83. The Morgan fingerprint density at radius 1 is 1.44 bits per heavy atom. The number of halogens is 4. The highest BCUT2D eigenvalue weighted by Crippen LogP contribution is 2.31. The number of rotatable bonds is 3. The van der Waals surface area contributed by atoms with Gasteiger partial charge in [-0.25, -0.2) is 9.38 Å². The minimum Gasteiger partial charge on any atom is -0.373 e. The van der Waals surface area contributed by atoms with E-state index in [0.29, 0.717) is 18.5 Å². The highest BCUT2D eigenvalue weighted by molar-refractivity contribution is 6.00. The summed E-state index contributed by atoms with van der Waals surface area (Å²) in [4.78, 5) is 6.00. The van der Waals surface area contributed by atoms with Gasteiger partial charge in [-0.2, -0.15) is 18.3 Å². The number of nitrogens with one attached hydrogen (secondary N) is 2. The molecule has 2 aliphatic rings. The first-order valence-corrected chi connectivity index (χ1v) is 8.71. The van der Waals surface area contributed by atoms with Gasteiger partial charge in [0.25, 0.3) is 0 Å². The molecule has 1 aromatic heterocycles. The van der Waals surface area contributed by atoms with Gasteiger partial charge < -0.3 is 15.5 Å². The number of nitrogens with zero attached hydrogens (tertiary/aromatic N) is 4. The van der Waals surface area contributed by atoms with Crippen LogP contribution in [0.25, 0.3) is 0 Å². The number of likely N-dealkylation sites (tertiary alicyclic amines) is 1. The van der Waals surface area contributed by atoms with Crippen molar-refractivity contribution in [3.05, 3.63) is 29.7 Å². The van der Waals surface area contributed by atoms with E-state index in [9.17, 15) is 17.6 Å². The van der Waals surface area contributed by atoms with E-state index in [1.807, 2.05) is 11.8 Å². The molecule has 0 aromatic carbocycles. The van der Waals surface area contributed by atoms with Crippen molar-refractivity contribution in [1.82, 2.24) is 25.3 Å². The molecule has 150 valence electrons. The molecular weight excluding hydrogens is 366 g/mol. The molecule has 2 aliphatic heterocycles. The Labute approximate surface area is 154 Å². The Kier molecular flexibility index (Phi) is 5.17. The number of hydrogen-bond donors (Lipinski definition) is 3. The number of nitrogens with two attached hydrogens (primary N) is 1. The van der Waals surface area contributed by atoms with Crippen LogP contribution in [0, 0.1) is 0 Å². The van der Waals surface area contributed by atoms with Crippen LogP contribution in [-0.4, -0.2) is 59.5 Å². The van der Waals surface area contributed by atoms with Crippen LogP contribution in [0.15, 0.2) is 29.2 Å². The van der Waals surface area contributed by atoms with E-state index >= 15 is 0 Å². The molecule has 7 nitrogen and oxygen atoms in total. The Morgan fingerprint density at radius 2 is 2.19 bits per heavy atom. The molecule has 3 heterocycles. The van der Waals surface area contributed by atoms with Crippen LogP contribution in [-0.2, 0) is 5.79 Å². The summed E-state index contributed by atoms with van der Waals surface area (Å²) in [7, 11) is 1.34. The van der Waals surface area contributed by atoms with Crippen LogP contribution in [0.2, 0.25) is 0 Å². The number of aliphatic imine (C=N–C) groups is 1. The molecule has 0 aliphatic carbocycles. The van der Waals surface area contributed by atoms with Crippen molar-refractivity contribution >= 4 is 5.84 Å². The second-order valence-corrected chi connectivity index (χ2v) is 6.65. The normalized spacial score (nSPS) is 29.7. The van der Waals surface area contributed by atoms with Gasteiger partial charge in [-0.1, -0.05) is 6.92 Å². The van der Waals surface area contributed by atoms with Gasteiger partial charge in [-0.15, -0.1) is 0 Å². The average Bonchev–Trinajstić information content (AvgIpc) is 3.11. The summed E-state index contributed by atoms with van der Waals surface area (Å²) in [5.74, 6) is -2.00. The number of aromatic nitrogens is 2. The molecule has 0 saturated carbocycles. The van der Waals surface area contributed by atoms with Crippen LogP contribution in [0.4, 0.5) is 17.6 Å². The zero-order chi connectivity index (χ0) is 19.8. The lowest BCUT2D eigenvalue weighted by Crippen LogP contribution is -2.52. The molecular formula is C16H23F4N7. The topological polar surface area (TPSA) is 83.5 Å². The third-order valence-electron chi connectivity index (χ3n) is 4.94. The van der Waals surface area contributed by atoms with Gasteiger partial charge in [0.15, 0.2) is 0 Å². The largest absolute Gasteiger partial charge is 0.421 e. The highest BCUT2D eigenvalue weighted by Gasteiger charge is 2.42. The van der Waals surface area contributed by atoms with Crippen molar-refractivity contribution < 1.29 is 17.6 Å². The molecule has 0 amide bonds. The quantitative estimate of drug-likeness (QED) is 0.678. The smallest absolute Gasteiger partial charge is 0.373 e. The summed E-state index contributed by atoms with van der Waals surface area (Å²) in [6.07, 6.45) is -1.36. The van der Waals surface area contributed by atoms with E-state index in [1.54, 1.807) is 0 Å². The van der Waals surface area contributed by atoms with E-state index < -0.39 is 29.7 Å². The molecule has 4 N–H and O–H groups in total. The predicted octanol–water partition coefficient (Wildman–Crippen LogP) is 1.22. The molecule has 27 heavy (non-hydrogen) atoms. The Bertz CT molecular complexity index is 741. The maximum Gasteiger partial charge on any atom is 0.421 e. The van der Waals surface area contributed by atoms with Gasteiger partial charge >= 0.3 is 6.18 Å². The van der Waals surface area contributed by atoms with Crippen LogP contribution >= 0.6 is 0 Å². The summed E-state index contributed by atoms with van der Waals surface area (Å²) >= 11 is 0. The molecule has 3 rings (SSSR count). The second-order valence-electron chi connectivity index (χ2n) is 6.65. The van der Waals surface area contributed by atoms with E-state index in [2.05, 4.69) is 20.7 Å². The van der Waals surface area contributed by atoms with Gasteiger partial charge in [0.1, 0.15) is 17.6 Å². The molecule has 11 heteroatoms. The van der Waals surface area contributed by atoms with Crippen LogP contribution in [0.5, 0.6) is 0 Å². The zero-order valence-electron chi connectivity index (χ0n) is 15.1. The molecule has 1 saturated heterocycles. The molecule has 1 aromatic rings. The number of alkyl halides is 4. The summed E-state index contributed by atoms with van der Waals surface area (Å²) in [5, 5.41) is 9.10. The lowest BCUT2D eigenvalue weighted by molar-refractivity contribution is -0.0872. The number of hydrogen-bond acceptors (Lipinski definition) is 6. The summed E-state index contributed by atoms with van der Waals surface area (Å²) in [5.41, 5.74) is 5.56. The maximum atomic E-state index is 14.5. The second kappa shape index (κ2) is 7.12. The first-order valence-electron chi connectivity index (χ1n) is 8.71. The monoisotopic (exact) mass is 389 g/mol. The molecule has 0 radical (unpaired) electrons. The van der Waals surface area contributed by atoms with Crippen molar-refractivity contribution in [2.24, 2.45) is 10.7 Å². The SMILES string of the molecule is CCN1CC[C@@H](n2cc(C3(N)N=C(NC)C(C(F)(F)F)=CN3)cn2)[C@H](F)C1. The van der Waals surface area contributed by atoms with Crippen LogP contribution in [0.3, 0.4) is 0 Å². The van der Waals surface area contributed by atoms with Gasteiger partial charge in [0.05, 0.1) is 17.8 Å². The fourth-order valence-electron chi connectivity index (χ4n) is 3.33. The van der Waals surface area contributed by atoms with E-state index in [4.69, 9.17) is 5.73 Å². The van der Waals surface area contributed by atoms with Crippen LogP contribution in [0.1, 0.15) is 24.9 Å². The zero-order valence-corrected chi connectivity index (χ0v) is 15.1. The van der Waals surface area contributed by atoms with E-state index in [1.165, 1.54) is 24.1 Å². The number of amidine groups is 1. The van der Waals surface area contributed by atoms with Crippen molar-refractivity contribution in [3.8, 4) is 0 Å². The van der Waals surface area contributed by atoms with Gasteiger partial charge in [-0.3, -0.25) is 10.4 Å². The predicted molar refractivity (Wildman–Crippen MR) is 92.5 cm³/mol. The Morgan fingerprint density at radius 3 is 2.78 bits per heavy atom. The molecule has 0 bridgehead atoms. The van der Waals surface area contributed by atoms with E-state index in [-0.39, 0.29) is 5.84 Å². The fourth-order valence-corrected chi connectivity index (χ4v) is 3.33. The number of piperidine rings is 1. The highest BCUT2D eigenvalue weighted by atomic mass is 19.4. The third-order valence-corrected chi connectivity index (χ3v) is 4.94. The van der Waals surface area contributed by atoms with E-state index in [0.717, 1.165) is 19.3 Å². The van der Waals surface area contributed by atoms with Gasteiger partial charge in [-0.05, 0) is 13.0 Å². The van der Waals surface area contributed by atoms with Crippen LogP contribution < -0.4 is 16.4 Å². The standard InChI is InChI=1S/C16H23F4N7/c1-3-26-5-4-13(12(17)9-26)27-8-10(6-24-27)16(21)23-7-11(15(18,19)20)14(22-2)25-16/h6-8,12-13,23H,3-5,9,21H2,1-2H3,(H,22,25)/t12-,13-,16?/m1/s1. The lowest BCUT2D eigenvalue weighted by atomic mass is 10.0. The molecule has 1 fully saturated rings. The summed E-state index contributed by atoms with van der Waals surface area (Å²) < 4.78 is 55.1. The Balaban J connectivity index is 1.82. The first-order chi connectivity index (χ1) is 12.7. The first kappa shape index (κ1) is 19.6. The molecule has 1 unspecified atom stereocenters. The van der Waals surface area contributed by atoms with Crippen molar-refractivity contribution in [2.75, 3.05) is 26.7 Å². The van der Waals surface area contributed by atoms with Crippen molar-refractivity contribution in [1.29, 1.82) is 0 Å². The maximum absolute atomic E-state index is 14.5. The Hall–Kier alpha value is -2.14. The minimum atomic E-state index is -4.57.